The van der Waals surface area contributed by atoms with Gasteiger partial charge in [0.1, 0.15) is 11.5 Å². The van der Waals surface area contributed by atoms with Crippen LogP contribution in [0.5, 0.6) is 0 Å². The van der Waals surface area contributed by atoms with E-state index in [0.717, 1.165) is 43.6 Å². The highest BCUT2D eigenvalue weighted by Gasteiger charge is 2.41. The van der Waals surface area contributed by atoms with Crippen molar-refractivity contribution in [1.29, 1.82) is 0 Å². The first-order valence-corrected chi connectivity index (χ1v) is 10.3. The second-order valence-corrected chi connectivity index (χ2v) is 8.38. The number of nitrogens with zero attached hydrogens (tertiary/aromatic N) is 5. The van der Waals surface area contributed by atoms with Crippen molar-refractivity contribution in [3.8, 4) is 0 Å². The van der Waals surface area contributed by atoms with Gasteiger partial charge in [-0.25, -0.2) is 15.0 Å². The molecule has 2 aliphatic rings. The number of aromatic nitrogens is 4. The van der Waals surface area contributed by atoms with E-state index < -0.39 is 0 Å². The summed E-state index contributed by atoms with van der Waals surface area (Å²) < 4.78 is 0. The van der Waals surface area contributed by atoms with Crippen LogP contribution in [0, 0.1) is 19.3 Å². The van der Waals surface area contributed by atoms with Crippen LogP contribution >= 0.6 is 0 Å². The second-order valence-electron chi connectivity index (χ2n) is 8.38. The van der Waals surface area contributed by atoms with Crippen molar-refractivity contribution in [3.63, 3.8) is 0 Å². The van der Waals surface area contributed by atoms with E-state index in [1.165, 1.54) is 0 Å². The van der Waals surface area contributed by atoms with E-state index in [1.54, 1.807) is 12.4 Å². The van der Waals surface area contributed by atoms with Crippen LogP contribution in [-0.4, -0.2) is 67.7 Å². The number of piperidine rings is 2. The molecule has 0 radical (unpaired) electrons. The number of nitrogens with one attached hydrogen (secondary N) is 1. The maximum absolute atomic E-state index is 12.9. The van der Waals surface area contributed by atoms with Crippen LogP contribution in [0.15, 0.2) is 18.6 Å². The Morgan fingerprint density at radius 1 is 1.21 bits per heavy atom. The lowest BCUT2D eigenvalue weighted by Gasteiger charge is -2.47. The van der Waals surface area contributed by atoms with Crippen LogP contribution < -0.4 is 0 Å². The first-order valence-electron chi connectivity index (χ1n) is 10.3. The van der Waals surface area contributed by atoms with Crippen molar-refractivity contribution in [1.82, 2.24) is 29.7 Å². The topological polar surface area (TPSA) is 95.1 Å². The minimum atomic E-state index is -0.0172. The zero-order chi connectivity index (χ0) is 20.4. The van der Waals surface area contributed by atoms with Gasteiger partial charge in [0, 0.05) is 56.6 Å². The summed E-state index contributed by atoms with van der Waals surface area (Å²) in [5, 5.41) is 0. The lowest BCUT2D eigenvalue weighted by molar-refractivity contribution is -0.138. The third kappa shape index (κ3) is 4.31. The highest BCUT2D eigenvalue weighted by Crippen LogP contribution is 2.40. The minimum Gasteiger partial charge on any atom is -0.348 e. The molecule has 0 unspecified atom stereocenters. The van der Waals surface area contributed by atoms with Crippen LogP contribution in [0.25, 0.3) is 0 Å². The number of hydrogen-bond acceptors (Lipinski definition) is 5. The van der Waals surface area contributed by atoms with Crippen LogP contribution in [0.2, 0.25) is 0 Å². The van der Waals surface area contributed by atoms with E-state index in [0.29, 0.717) is 37.6 Å². The maximum Gasteiger partial charge on any atom is 0.272 e. The predicted molar refractivity (Wildman–Crippen MR) is 107 cm³/mol. The van der Waals surface area contributed by atoms with Crippen LogP contribution in [0.1, 0.15) is 53.4 Å². The van der Waals surface area contributed by atoms with Crippen molar-refractivity contribution in [2.75, 3.05) is 26.2 Å². The van der Waals surface area contributed by atoms with Crippen molar-refractivity contribution < 1.29 is 9.59 Å². The van der Waals surface area contributed by atoms with E-state index in [9.17, 15) is 9.59 Å². The van der Waals surface area contributed by atoms with Gasteiger partial charge >= 0.3 is 0 Å². The van der Waals surface area contributed by atoms with Gasteiger partial charge in [-0.1, -0.05) is 0 Å². The van der Waals surface area contributed by atoms with Gasteiger partial charge in [0.05, 0.1) is 6.33 Å². The number of aryl methyl sites for hydroxylation is 2. The molecule has 1 spiro atoms. The first kappa shape index (κ1) is 19.5. The molecule has 0 atom stereocenters. The minimum absolute atomic E-state index is 0.0172. The van der Waals surface area contributed by atoms with E-state index in [2.05, 4.69) is 19.9 Å². The molecule has 1 N–H and O–H groups in total. The number of hydrogen-bond donors (Lipinski definition) is 1. The smallest absolute Gasteiger partial charge is 0.272 e. The number of rotatable bonds is 4. The normalized spacial score (nSPS) is 19.0. The van der Waals surface area contributed by atoms with E-state index in [1.807, 2.05) is 29.8 Å². The predicted octanol–water partition coefficient (Wildman–Crippen LogP) is 1.90. The van der Waals surface area contributed by atoms with Crippen LogP contribution in [0.4, 0.5) is 0 Å². The molecular formula is C21H28N6O2. The third-order valence-corrected chi connectivity index (χ3v) is 6.25. The lowest BCUT2D eigenvalue weighted by atomic mass is 9.72. The Labute approximate surface area is 170 Å². The molecule has 4 rings (SSSR count). The summed E-state index contributed by atoms with van der Waals surface area (Å²) in [6.07, 6.45) is 7.64. The molecular weight excluding hydrogens is 368 g/mol. The Hall–Kier alpha value is -2.77. The lowest BCUT2D eigenvalue weighted by Crippen LogP contribution is -2.52. The van der Waals surface area contributed by atoms with Gasteiger partial charge in [0.2, 0.25) is 5.91 Å². The maximum atomic E-state index is 12.9. The molecule has 8 heteroatoms. The molecule has 2 saturated heterocycles. The summed E-state index contributed by atoms with van der Waals surface area (Å²) >= 11 is 0. The molecule has 2 aliphatic heterocycles. The fourth-order valence-electron chi connectivity index (χ4n) is 4.56. The number of aromatic amines is 1. The number of carbonyl (C=O) groups excluding carboxylic acids is 2. The monoisotopic (exact) mass is 396 g/mol. The van der Waals surface area contributed by atoms with Crippen molar-refractivity contribution in [3.05, 3.63) is 41.5 Å². The second kappa shape index (κ2) is 7.93. The Morgan fingerprint density at radius 3 is 2.69 bits per heavy atom. The molecule has 154 valence electrons. The molecule has 0 aliphatic carbocycles. The zero-order valence-corrected chi connectivity index (χ0v) is 17.1. The van der Waals surface area contributed by atoms with Crippen molar-refractivity contribution in [2.24, 2.45) is 5.41 Å². The van der Waals surface area contributed by atoms with Gasteiger partial charge in [-0.05, 0) is 44.6 Å². The molecule has 2 aromatic rings. The first-order chi connectivity index (χ1) is 13.9. The summed E-state index contributed by atoms with van der Waals surface area (Å²) in [4.78, 5) is 44.9. The highest BCUT2D eigenvalue weighted by molar-refractivity contribution is 5.92. The average Bonchev–Trinajstić information content (AvgIpc) is 3.22. The molecule has 0 aromatic carbocycles. The molecule has 2 aromatic heterocycles. The number of imidazole rings is 1. The van der Waals surface area contributed by atoms with Gasteiger partial charge in [0.25, 0.3) is 5.91 Å². The van der Waals surface area contributed by atoms with Gasteiger partial charge < -0.3 is 14.8 Å². The summed E-state index contributed by atoms with van der Waals surface area (Å²) in [7, 11) is 0. The van der Waals surface area contributed by atoms with Crippen LogP contribution in [-0.2, 0) is 11.2 Å². The summed E-state index contributed by atoms with van der Waals surface area (Å²) in [6, 6.07) is 1.76. The van der Waals surface area contributed by atoms with Gasteiger partial charge in [-0.2, -0.15) is 0 Å². The standard InChI is InChI=1S/C21H28N6O2/c1-15-11-18(25-16(2)24-15)20(29)26-9-6-21(7-10-26)5-3-19(28)27(13-21)8-4-17-12-22-14-23-17/h11-12,14H,3-10,13H2,1-2H3,(H,22,23). The molecule has 0 saturated carbocycles. The Kier molecular flexibility index (Phi) is 5.34. The van der Waals surface area contributed by atoms with Gasteiger partial charge in [-0.3, -0.25) is 9.59 Å². The summed E-state index contributed by atoms with van der Waals surface area (Å²) in [5.74, 6) is 0.845. The number of carbonyl (C=O) groups is 2. The fourth-order valence-corrected chi connectivity index (χ4v) is 4.56. The molecule has 29 heavy (non-hydrogen) atoms. The van der Waals surface area contributed by atoms with E-state index in [-0.39, 0.29) is 17.2 Å². The number of likely N-dealkylation sites (tertiary alicyclic amines) is 2. The zero-order valence-electron chi connectivity index (χ0n) is 17.1. The molecule has 0 bridgehead atoms. The molecule has 8 nitrogen and oxygen atoms in total. The summed E-state index contributed by atoms with van der Waals surface area (Å²) in [5.41, 5.74) is 2.46. The largest absolute Gasteiger partial charge is 0.348 e. The quantitative estimate of drug-likeness (QED) is 0.852. The Balaban J connectivity index is 1.37. The Bertz CT molecular complexity index is 866. The summed E-state index contributed by atoms with van der Waals surface area (Å²) in [6.45, 7) is 6.62. The highest BCUT2D eigenvalue weighted by atomic mass is 16.2. The number of H-pyrrole nitrogens is 1. The van der Waals surface area contributed by atoms with E-state index >= 15 is 0 Å². The van der Waals surface area contributed by atoms with Crippen molar-refractivity contribution in [2.45, 2.75) is 46.0 Å². The van der Waals surface area contributed by atoms with E-state index in [4.69, 9.17) is 0 Å². The van der Waals surface area contributed by atoms with Gasteiger partial charge in [-0.15, -0.1) is 0 Å². The van der Waals surface area contributed by atoms with Gasteiger partial charge in [0.15, 0.2) is 0 Å². The Morgan fingerprint density at radius 2 is 2.00 bits per heavy atom. The SMILES string of the molecule is Cc1cc(C(=O)N2CCC3(CCC(=O)N(CCc4cnc[nH]4)C3)CC2)nc(C)n1. The average molecular weight is 396 g/mol. The molecule has 2 amide bonds. The molecule has 2 fully saturated rings. The van der Waals surface area contributed by atoms with Crippen LogP contribution in [0.3, 0.4) is 0 Å². The molecule has 4 heterocycles. The number of amides is 2. The fraction of sp³-hybridized carbons (Fsp3) is 0.571. The van der Waals surface area contributed by atoms with Crippen molar-refractivity contribution >= 4 is 11.8 Å². The third-order valence-electron chi connectivity index (χ3n) is 6.25.